The van der Waals surface area contributed by atoms with Crippen LogP contribution in [0.15, 0.2) is 36.7 Å². The van der Waals surface area contributed by atoms with E-state index in [1.165, 1.54) is 12.8 Å². The molecule has 1 aromatic carbocycles. The number of ether oxygens (including phenoxy) is 1. The summed E-state index contributed by atoms with van der Waals surface area (Å²) in [6.07, 6.45) is 6.10. The number of nitrogens with one attached hydrogen (secondary N) is 1. The lowest BCUT2D eigenvalue weighted by Crippen LogP contribution is -2.19. The van der Waals surface area contributed by atoms with E-state index in [1.54, 1.807) is 6.20 Å². The van der Waals surface area contributed by atoms with E-state index in [0.29, 0.717) is 11.4 Å². The number of rotatable bonds is 6. The molecule has 5 nitrogen and oxygen atoms in total. The first-order valence-corrected chi connectivity index (χ1v) is 7.21. The summed E-state index contributed by atoms with van der Waals surface area (Å²) >= 11 is 0. The number of aromatic nitrogens is 2. The Balaban J connectivity index is 1.46. The second kappa shape index (κ2) is 5.99. The normalized spacial score (nSPS) is 14.0. The van der Waals surface area contributed by atoms with Crippen molar-refractivity contribution in [1.29, 1.82) is 0 Å². The molecule has 0 radical (unpaired) electrons. The summed E-state index contributed by atoms with van der Waals surface area (Å²) in [5.41, 5.74) is 1.88. The van der Waals surface area contributed by atoms with Gasteiger partial charge in [-0.3, -0.25) is 9.48 Å². The van der Waals surface area contributed by atoms with Crippen molar-refractivity contribution in [1.82, 2.24) is 9.78 Å². The van der Waals surface area contributed by atoms with Crippen molar-refractivity contribution >= 4 is 11.6 Å². The predicted molar refractivity (Wildman–Crippen MR) is 80.3 cm³/mol. The Labute approximate surface area is 123 Å². The number of hydrogen-bond donors (Lipinski definition) is 1. The molecular formula is C16H19N3O2. The number of carbonyl (C=O) groups excluding carboxylic acids is 1. The predicted octanol–water partition coefficient (Wildman–Crippen LogP) is 2.62. The van der Waals surface area contributed by atoms with E-state index in [0.717, 1.165) is 18.0 Å². The number of nitrogens with zero attached hydrogens (tertiary/aromatic N) is 2. The van der Waals surface area contributed by atoms with E-state index in [2.05, 4.69) is 10.4 Å². The van der Waals surface area contributed by atoms with Crippen molar-refractivity contribution in [2.24, 2.45) is 5.92 Å². The highest BCUT2D eigenvalue weighted by Gasteiger charge is 2.22. The lowest BCUT2D eigenvalue weighted by Gasteiger charge is -2.06. The van der Waals surface area contributed by atoms with E-state index in [1.807, 2.05) is 42.1 Å². The molecule has 5 heteroatoms. The van der Waals surface area contributed by atoms with Gasteiger partial charge in [0.05, 0.1) is 11.9 Å². The summed E-state index contributed by atoms with van der Waals surface area (Å²) in [6.45, 7) is 2.95. The third-order valence-electron chi connectivity index (χ3n) is 3.45. The van der Waals surface area contributed by atoms with Gasteiger partial charge in [-0.15, -0.1) is 0 Å². The summed E-state index contributed by atoms with van der Waals surface area (Å²) in [7, 11) is 0. The Morgan fingerprint density at radius 1 is 1.38 bits per heavy atom. The van der Waals surface area contributed by atoms with E-state index in [9.17, 15) is 4.79 Å². The third kappa shape index (κ3) is 4.08. The lowest BCUT2D eigenvalue weighted by molar-refractivity contribution is -0.118. The van der Waals surface area contributed by atoms with Crippen molar-refractivity contribution < 1.29 is 9.53 Å². The molecule has 3 rings (SSSR count). The summed E-state index contributed by atoms with van der Waals surface area (Å²) in [6, 6.07) is 7.62. The van der Waals surface area contributed by atoms with Crippen LogP contribution >= 0.6 is 0 Å². The van der Waals surface area contributed by atoms with Crippen LogP contribution in [0.25, 0.3) is 0 Å². The second-order valence-corrected chi connectivity index (χ2v) is 5.54. The van der Waals surface area contributed by atoms with Gasteiger partial charge in [0, 0.05) is 12.7 Å². The quantitative estimate of drug-likeness (QED) is 0.887. The minimum atomic E-state index is -0.179. The summed E-state index contributed by atoms with van der Waals surface area (Å²) in [5.74, 6) is 1.28. The van der Waals surface area contributed by atoms with E-state index in [4.69, 9.17) is 4.74 Å². The Kier molecular flexibility index (Phi) is 3.90. The van der Waals surface area contributed by atoms with Gasteiger partial charge in [0.2, 0.25) is 0 Å². The van der Waals surface area contributed by atoms with Crippen molar-refractivity contribution in [2.75, 3.05) is 11.9 Å². The zero-order valence-electron chi connectivity index (χ0n) is 12.1. The molecule has 1 saturated carbocycles. The van der Waals surface area contributed by atoms with Crippen LogP contribution in [0.5, 0.6) is 5.75 Å². The van der Waals surface area contributed by atoms with E-state index in [-0.39, 0.29) is 12.5 Å². The molecule has 0 spiro atoms. The van der Waals surface area contributed by atoms with Crippen molar-refractivity contribution in [3.8, 4) is 5.75 Å². The van der Waals surface area contributed by atoms with E-state index >= 15 is 0 Å². The summed E-state index contributed by atoms with van der Waals surface area (Å²) < 4.78 is 7.32. The van der Waals surface area contributed by atoms with Gasteiger partial charge in [-0.2, -0.15) is 5.10 Å². The van der Waals surface area contributed by atoms with Gasteiger partial charge >= 0.3 is 0 Å². The minimum Gasteiger partial charge on any atom is -0.484 e. The highest BCUT2D eigenvalue weighted by Crippen LogP contribution is 2.30. The van der Waals surface area contributed by atoms with Crippen LogP contribution in [0.3, 0.4) is 0 Å². The average Bonchev–Trinajstić information content (AvgIpc) is 3.17. The fourth-order valence-electron chi connectivity index (χ4n) is 2.07. The van der Waals surface area contributed by atoms with Crippen molar-refractivity contribution in [3.05, 3.63) is 42.2 Å². The summed E-state index contributed by atoms with van der Waals surface area (Å²) in [4.78, 5) is 11.8. The monoisotopic (exact) mass is 285 g/mol. The number of benzene rings is 1. The van der Waals surface area contributed by atoms with Crippen LogP contribution in [-0.4, -0.2) is 22.3 Å². The maximum atomic E-state index is 11.8. The van der Waals surface area contributed by atoms with Gasteiger partial charge in [0.1, 0.15) is 5.75 Å². The zero-order valence-corrected chi connectivity index (χ0v) is 12.1. The van der Waals surface area contributed by atoms with Crippen molar-refractivity contribution in [3.63, 3.8) is 0 Å². The molecule has 0 unspecified atom stereocenters. The van der Waals surface area contributed by atoms with Gasteiger partial charge in [-0.05, 0) is 37.8 Å². The fraction of sp³-hybridized carbons (Fsp3) is 0.375. The molecule has 1 aromatic heterocycles. The molecule has 2 aromatic rings. The van der Waals surface area contributed by atoms with Crippen LogP contribution in [0, 0.1) is 12.8 Å². The largest absolute Gasteiger partial charge is 0.484 e. The number of hydrogen-bond acceptors (Lipinski definition) is 3. The Bertz CT molecular complexity index is 615. The smallest absolute Gasteiger partial charge is 0.262 e. The molecule has 1 fully saturated rings. The Morgan fingerprint density at radius 2 is 2.14 bits per heavy atom. The molecular weight excluding hydrogens is 266 g/mol. The molecule has 1 aliphatic carbocycles. The fourth-order valence-corrected chi connectivity index (χ4v) is 2.07. The minimum absolute atomic E-state index is 0.00311. The zero-order chi connectivity index (χ0) is 14.7. The molecule has 110 valence electrons. The maximum Gasteiger partial charge on any atom is 0.262 e. The van der Waals surface area contributed by atoms with Crippen LogP contribution in [0.2, 0.25) is 0 Å². The molecule has 0 atom stereocenters. The highest BCUT2D eigenvalue weighted by molar-refractivity contribution is 5.91. The molecule has 1 heterocycles. The van der Waals surface area contributed by atoms with Gasteiger partial charge in [0.25, 0.3) is 5.91 Å². The molecule has 1 N–H and O–H groups in total. The average molecular weight is 285 g/mol. The highest BCUT2D eigenvalue weighted by atomic mass is 16.5. The van der Waals surface area contributed by atoms with E-state index < -0.39 is 0 Å². The van der Waals surface area contributed by atoms with Crippen molar-refractivity contribution in [2.45, 2.75) is 26.3 Å². The number of aryl methyl sites for hydroxylation is 1. The standard InChI is InChI=1S/C16H19N3O2/c1-12-2-6-15(7-3-12)21-11-16(20)18-14-8-17-19(10-14)9-13-4-5-13/h2-3,6-8,10,13H,4-5,9,11H2,1H3,(H,18,20). The first kappa shape index (κ1) is 13.7. The summed E-state index contributed by atoms with van der Waals surface area (Å²) in [5, 5.41) is 7.03. The molecule has 1 aliphatic rings. The third-order valence-corrected chi connectivity index (χ3v) is 3.45. The van der Waals surface area contributed by atoms with Gasteiger partial charge in [-0.25, -0.2) is 0 Å². The number of amides is 1. The van der Waals surface area contributed by atoms with Crippen LogP contribution in [0.4, 0.5) is 5.69 Å². The molecule has 0 aliphatic heterocycles. The maximum absolute atomic E-state index is 11.8. The lowest BCUT2D eigenvalue weighted by atomic mass is 10.2. The molecule has 1 amide bonds. The SMILES string of the molecule is Cc1ccc(OCC(=O)Nc2cnn(CC3CC3)c2)cc1. The molecule has 0 bridgehead atoms. The van der Waals surface area contributed by atoms with Gasteiger partial charge in [-0.1, -0.05) is 17.7 Å². The van der Waals surface area contributed by atoms with Crippen LogP contribution in [0.1, 0.15) is 18.4 Å². The van der Waals surface area contributed by atoms with Crippen LogP contribution in [-0.2, 0) is 11.3 Å². The molecule has 21 heavy (non-hydrogen) atoms. The Hall–Kier alpha value is -2.30. The first-order chi connectivity index (χ1) is 10.2. The van der Waals surface area contributed by atoms with Gasteiger partial charge < -0.3 is 10.1 Å². The molecule has 0 saturated heterocycles. The first-order valence-electron chi connectivity index (χ1n) is 7.21. The Morgan fingerprint density at radius 3 is 2.86 bits per heavy atom. The second-order valence-electron chi connectivity index (χ2n) is 5.54. The van der Waals surface area contributed by atoms with Crippen LogP contribution < -0.4 is 10.1 Å². The van der Waals surface area contributed by atoms with Gasteiger partial charge in [0.15, 0.2) is 6.61 Å². The number of anilines is 1. The number of carbonyl (C=O) groups is 1. The topological polar surface area (TPSA) is 56.1 Å².